The second kappa shape index (κ2) is 4.38. The largest absolute Gasteiger partial charge is 0.351 e. The molecule has 0 saturated carbocycles. The summed E-state index contributed by atoms with van der Waals surface area (Å²) in [5, 5.41) is -0.307. The molecule has 17 heavy (non-hydrogen) atoms. The van der Waals surface area contributed by atoms with Gasteiger partial charge >= 0.3 is 6.03 Å². The van der Waals surface area contributed by atoms with Crippen molar-refractivity contribution in [2.45, 2.75) is 23.6 Å². The van der Waals surface area contributed by atoms with Gasteiger partial charge in [-0.25, -0.2) is 9.69 Å². The number of primary amides is 1. The van der Waals surface area contributed by atoms with Gasteiger partial charge in [0.2, 0.25) is 5.91 Å². The third-order valence-electron chi connectivity index (χ3n) is 2.59. The Kier molecular flexibility index (Phi) is 3.08. The topological polar surface area (TPSA) is 89.4 Å². The zero-order valence-corrected chi connectivity index (χ0v) is 10.2. The lowest BCUT2D eigenvalue weighted by molar-refractivity contribution is -0.117. The predicted octanol–water partition coefficient (Wildman–Crippen LogP) is 1.05. The van der Waals surface area contributed by atoms with Gasteiger partial charge in [-0.05, 0) is 24.6 Å². The maximum Gasteiger partial charge on any atom is 0.326 e. The van der Waals surface area contributed by atoms with Crippen LogP contribution in [0.4, 0.5) is 10.5 Å². The van der Waals surface area contributed by atoms with Gasteiger partial charge in [0.25, 0.3) is 0 Å². The number of imide groups is 1. The van der Waals surface area contributed by atoms with Crippen LogP contribution in [-0.4, -0.2) is 17.2 Å². The van der Waals surface area contributed by atoms with E-state index in [2.05, 4.69) is 0 Å². The number of hydrogen-bond acceptors (Lipinski definition) is 4. The molecule has 1 atom stereocenters. The molecule has 0 aromatic heterocycles. The van der Waals surface area contributed by atoms with Crippen LogP contribution in [0.5, 0.6) is 0 Å². The van der Waals surface area contributed by atoms with Gasteiger partial charge in [0, 0.05) is 11.4 Å². The number of thioether (sulfide) groups is 1. The molecule has 0 fully saturated rings. The number of amides is 3. The fourth-order valence-corrected chi connectivity index (χ4v) is 2.74. The van der Waals surface area contributed by atoms with Gasteiger partial charge in [0.15, 0.2) is 0 Å². The van der Waals surface area contributed by atoms with E-state index in [1.165, 1.54) is 11.8 Å². The summed E-state index contributed by atoms with van der Waals surface area (Å²) < 4.78 is 0. The number of rotatable bonds is 1. The molecular formula is C11H13N3O2S. The van der Waals surface area contributed by atoms with E-state index in [0.717, 1.165) is 15.4 Å². The summed E-state index contributed by atoms with van der Waals surface area (Å²) in [6, 6.07) is 4.73. The molecule has 1 aliphatic rings. The summed E-state index contributed by atoms with van der Waals surface area (Å²) in [6.45, 7) is 2.11. The van der Waals surface area contributed by atoms with Crippen LogP contribution in [0.2, 0.25) is 0 Å². The van der Waals surface area contributed by atoms with E-state index in [0.29, 0.717) is 12.2 Å². The van der Waals surface area contributed by atoms with Crippen molar-refractivity contribution in [2.75, 3.05) is 4.90 Å². The molecule has 0 spiro atoms. The third-order valence-corrected chi connectivity index (χ3v) is 3.75. The number of carbonyl (C=O) groups excluding carboxylic acids is 2. The monoisotopic (exact) mass is 251 g/mol. The van der Waals surface area contributed by atoms with Crippen LogP contribution in [0.3, 0.4) is 0 Å². The summed E-state index contributed by atoms with van der Waals surface area (Å²) in [5.74, 6) is -0.288. The van der Waals surface area contributed by atoms with Crippen LogP contribution in [-0.2, 0) is 11.3 Å². The van der Waals surface area contributed by atoms with Crippen LogP contribution in [0.15, 0.2) is 23.1 Å². The maximum absolute atomic E-state index is 11.9. The van der Waals surface area contributed by atoms with E-state index < -0.39 is 6.03 Å². The summed E-state index contributed by atoms with van der Waals surface area (Å²) in [4.78, 5) is 25.2. The average Bonchev–Trinajstić information content (AvgIpc) is 2.29. The molecule has 1 unspecified atom stereocenters. The Labute approximate surface area is 103 Å². The minimum absolute atomic E-state index is 0.288. The first-order valence-electron chi connectivity index (χ1n) is 5.17. The Balaban J connectivity index is 2.55. The van der Waals surface area contributed by atoms with Crippen molar-refractivity contribution < 1.29 is 9.59 Å². The predicted molar refractivity (Wildman–Crippen MR) is 66.7 cm³/mol. The third kappa shape index (κ3) is 2.01. The standard InChI is InChI=1S/C11H13N3O2S/c1-6-10(15)14(11(13)16)8-4-7(5-12)2-3-9(8)17-6/h2-4,6H,5,12H2,1H3,(H2,13,16). The highest BCUT2D eigenvalue weighted by Crippen LogP contribution is 2.39. The molecule has 1 aromatic rings. The normalized spacial score (nSPS) is 19.1. The Bertz CT molecular complexity index is 490. The average molecular weight is 251 g/mol. The van der Waals surface area contributed by atoms with E-state index in [4.69, 9.17) is 11.5 Å². The van der Waals surface area contributed by atoms with Crippen LogP contribution < -0.4 is 16.4 Å². The zero-order valence-electron chi connectivity index (χ0n) is 9.34. The summed E-state index contributed by atoms with van der Waals surface area (Å²) in [5.41, 5.74) is 12.2. The van der Waals surface area contributed by atoms with Crippen molar-refractivity contribution in [3.8, 4) is 0 Å². The van der Waals surface area contributed by atoms with Crippen molar-refractivity contribution >= 4 is 29.4 Å². The lowest BCUT2D eigenvalue weighted by Crippen LogP contribution is -2.46. The number of urea groups is 1. The lowest BCUT2D eigenvalue weighted by atomic mass is 10.1. The molecule has 1 heterocycles. The number of benzene rings is 1. The van der Waals surface area contributed by atoms with Gasteiger partial charge in [-0.3, -0.25) is 4.79 Å². The highest BCUT2D eigenvalue weighted by atomic mass is 32.2. The van der Waals surface area contributed by atoms with E-state index in [1.807, 2.05) is 12.1 Å². The van der Waals surface area contributed by atoms with E-state index >= 15 is 0 Å². The highest BCUT2D eigenvalue weighted by Gasteiger charge is 2.33. The molecule has 2 rings (SSSR count). The zero-order chi connectivity index (χ0) is 12.6. The first-order chi connectivity index (χ1) is 8.04. The van der Waals surface area contributed by atoms with Crippen LogP contribution in [0, 0.1) is 0 Å². The van der Waals surface area contributed by atoms with E-state index in [1.54, 1.807) is 13.0 Å². The molecule has 0 bridgehead atoms. The van der Waals surface area contributed by atoms with E-state index in [9.17, 15) is 9.59 Å². The molecule has 6 heteroatoms. The van der Waals surface area contributed by atoms with Crippen LogP contribution in [0.25, 0.3) is 0 Å². The van der Waals surface area contributed by atoms with Crippen LogP contribution in [0.1, 0.15) is 12.5 Å². The first kappa shape index (κ1) is 11.9. The smallest absolute Gasteiger partial charge is 0.326 e. The van der Waals surface area contributed by atoms with Crippen molar-refractivity contribution in [2.24, 2.45) is 11.5 Å². The Morgan fingerprint density at radius 2 is 2.24 bits per heavy atom. The second-order valence-electron chi connectivity index (χ2n) is 3.78. The molecule has 5 nitrogen and oxygen atoms in total. The molecule has 3 amide bonds. The molecule has 0 aliphatic carbocycles. The van der Waals surface area contributed by atoms with Crippen molar-refractivity contribution in [1.82, 2.24) is 0 Å². The van der Waals surface area contributed by atoms with Gasteiger partial charge in [-0.1, -0.05) is 6.07 Å². The Morgan fingerprint density at radius 3 is 2.82 bits per heavy atom. The number of carbonyl (C=O) groups is 2. The van der Waals surface area contributed by atoms with Crippen molar-refractivity contribution in [1.29, 1.82) is 0 Å². The SMILES string of the molecule is CC1Sc2ccc(CN)cc2N(C(N)=O)C1=O. The summed E-state index contributed by atoms with van der Waals surface area (Å²) in [7, 11) is 0. The number of fused-ring (bicyclic) bond motifs is 1. The molecule has 0 radical (unpaired) electrons. The quantitative estimate of drug-likeness (QED) is 0.780. The highest BCUT2D eigenvalue weighted by molar-refractivity contribution is 8.01. The molecule has 1 aromatic carbocycles. The fraction of sp³-hybridized carbons (Fsp3) is 0.273. The summed E-state index contributed by atoms with van der Waals surface area (Å²) >= 11 is 1.42. The maximum atomic E-state index is 11.9. The second-order valence-corrected chi connectivity index (χ2v) is 5.16. The molecule has 0 saturated heterocycles. The van der Waals surface area contributed by atoms with E-state index in [-0.39, 0.29) is 11.2 Å². The van der Waals surface area contributed by atoms with Gasteiger partial charge in [-0.15, -0.1) is 11.8 Å². The lowest BCUT2D eigenvalue weighted by Gasteiger charge is -2.29. The van der Waals surface area contributed by atoms with Gasteiger partial charge in [0.1, 0.15) is 0 Å². The Hall–Kier alpha value is -1.53. The Morgan fingerprint density at radius 1 is 1.53 bits per heavy atom. The minimum atomic E-state index is -0.752. The molecule has 90 valence electrons. The molecule has 4 N–H and O–H groups in total. The number of nitrogens with zero attached hydrogens (tertiary/aromatic N) is 1. The summed E-state index contributed by atoms with van der Waals surface area (Å²) in [6.07, 6.45) is 0. The molecular weight excluding hydrogens is 238 g/mol. The van der Waals surface area contributed by atoms with Crippen molar-refractivity contribution in [3.05, 3.63) is 23.8 Å². The number of anilines is 1. The molecule has 1 aliphatic heterocycles. The number of hydrogen-bond donors (Lipinski definition) is 2. The van der Waals surface area contributed by atoms with Gasteiger partial charge in [-0.2, -0.15) is 0 Å². The minimum Gasteiger partial charge on any atom is -0.351 e. The fourth-order valence-electron chi connectivity index (χ4n) is 1.73. The number of nitrogens with two attached hydrogens (primary N) is 2. The van der Waals surface area contributed by atoms with Crippen LogP contribution >= 0.6 is 11.8 Å². The van der Waals surface area contributed by atoms with Gasteiger partial charge in [0.05, 0.1) is 10.9 Å². The van der Waals surface area contributed by atoms with Gasteiger partial charge < -0.3 is 11.5 Å². The first-order valence-corrected chi connectivity index (χ1v) is 6.05. The van der Waals surface area contributed by atoms with Crippen molar-refractivity contribution in [3.63, 3.8) is 0 Å².